The lowest BCUT2D eigenvalue weighted by atomic mass is 9.97. The number of hydrogen-bond acceptors (Lipinski definition) is 4. The highest BCUT2D eigenvalue weighted by Crippen LogP contribution is 2.33. The minimum Gasteiger partial charge on any atom is -0.327 e. The van der Waals surface area contributed by atoms with Crippen molar-refractivity contribution in [2.75, 3.05) is 0 Å². The number of nitrogens with zero attached hydrogens (tertiary/aromatic N) is 2. The van der Waals surface area contributed by atoms with Gasteiger partial charge in [-0.15, -0.1) is 11.8 Å². The van der Waals surface area contributed by atoms with E-state index in [1.807, 2.05) is 30.0 Å². The summed E-state index contributed by atoms with van der Waals surface area (Å²) in [5.41, 5.74) is 7.39. The first kappa shape index (κ1) is 13.8. The predicted octanol–water partition coefficient (Wildman–Crippen LogP) is 3.77. The molecule has 3 rings (SSSR count). The Morgan fingerprint density at radius 2 is 1.80 bits per heavy atom. The average molecular weight is 287 g/mol. The average Bonchev–Trinajstić information content (AvgIpc) is 2.47. The number of para-hydroxylation sites is 1. The third kappa shape index (κ3) is 3.13. The second kappa shape index (κ2) is 6.55. The van der Waals surface area contributed by atoms with Crippen LogP contribution in [-0.2, 0) is 0 Å². The molecule has 0 amide bonds. The molecule has 1 aliphatic rings. The van der Waals surface area contributed by atoms with Crippen molar-refractivity contribution in [1.29, 1.82) is 0 Å². The number of thioether (sulfide) groups is 1. The van der Waals surface area contributed by atoms with E-state index >= 15 is 0 Å². The monoisotopic (exact) mass is 287 g/mol. The van der Waals surface area contributed by atoms with E-state index in [9.17, 15) is 0 Å². The van der Waals surface area contributed by atoms with Crippen molar-refractivity contribution < 1.29 is 0 Å². The fourth-order valence-corrected chi connectivity index (χ4v) is 4.13. The van der Waals surface area contributed by atoms with Crippen molar-refractivity contribution in [3.05, 3.63) is 30.6 Å². The molecular weight excluding hydrogens is 266 g/mol. The minimum absolute atomic E-state index is 0.286. The van der Waals surface area contributed by atoms with E-state index < -0.39 is 0 Å². The lowest BCUT2D eigenvalue weighted by Gasteiger charge is -2.25. The van der Waals surface area contributed by atoms with Gasteiger partial charge in [0, 0.05) is 16.7 Å². The summed E-state index contributed by atoms with van der Waals surface area (Å²) in [5.74, 6) is 0. The molecule has 4 heteroatoms. The lowest BCUT2D eigenvalue weighted by Crippen LogP contribution is -2.33. The van der Waals surface area contributed by atoms with Gasteiger partial charge in [-0.05, 0) is 18.9 Å². The molecule has 1 aromatic heterocycles. The SMILES string of the molecule is NC1CCCCCCC1Sc1ncnc2ccccc12. The van der Waals surface area contributed by atoms with Gasteiger partial charge in [-0.3, -0.25) is 0 Å². The van der Waals surface area contributed by atoms with E-state index in [-0.39, 0.29) is 6.04 Å². The second-order valence-electron chi connectivity index (χ2n) is 5.51. The first-order valence-electron chi connectivity index (χ1n) is 7.46. The van der Waals surface area contributed by atoms with Crippen LogP contribution >= 0.6 is 11.8 Å². The standard InChI is InChI=1S/C16H21N3S/c17-13-8-3-1-2-4-10-15(13)20-16-12-7-5-6-9-14(12)18-11-19-16/h5-7,9,11,13,15H,1-4,8,10,17H2. The molecule has 1 heterocycles. The molecule has 1 aliphatic carbocycles. The largest absolute Gasteiger partial charge is 0.327 e. The molecule has 20 heavy (non-hydrogen) atoms. The molecule has 0 spiro atoms. The fourth-order valence-electron chi connectivity index (χ4n) is 2.84. The van der Waals surface area contributed by atoms with E-state index in [2.05, 4.69) is 16.0 Å². The fraction of sp³-hybridized carbons (Fsp3) is 0.500. The van der Waals surface area contributed by atoms with Gasteiger partial charge in [0.2, 0.25) is 0 Å². The van der Waals surface area contributed by atoms with Crippen LogP contribution in [0.2, 0.25) is 0 Å². The van der Waals surface area contributed by atoms with Crippen LogP contribution in [0.15, 0.2) is 35.6 Å². The van der Waals surface area contributed by atoms with Crippen LogP contribution < -0.4 is 5.73 Å². The van der Waals surface area contributed by atoms with E-state index in [4.69, 9.17) is 5.73 Å². The topological polar surface area (TPSA) is 51.8 Å². The summed E-state index contributed by atoms with van der Waals surface area (Å²) in [6.45, 7) is 0. The third-order valence-electron chi connectivity index (χ3n) is 4.02. The molecule has 2 atom stereocenters. The number of hydrogen-bond donors (Lipinski definition) is 1. The zero-order valence-electron chi connectivity index (χ0n) is 11.7. The molecule has 2 N–H and O–H groups in total. The maximum absolute atomic E-state index is 6.38. The van der Waals surface area contributed by atoms with Crippen LogP contribution in [0, 0.1) is 0 Å². The predicted molar refractivity (Wildman–Crippen MR) is 84.9 cm³/mol. The molecule has 0 radical (unpaired) electrons. The summed E-state index contributed by atoms with van der Waals surface area (Å²) in [7, 11) is 0. The molecular formula is C16H21N3S. The van der Waals surface area contributed by atoms with E-state index in [1.54, 1.807) is 6.33 Å². The molecule has 1 fully saturated rings. The van der Waals surface area contributed by atoms with Gasteiger partial charge in [0.25, 0.3) is 0 Å². The normalized spacial score (nSPS) is 24.2. The molecule has 1 saturated carbocycles. The van der Waals surface area contributed by atoms with Crippen LogP contribution in [0.1, 0.15) is 38.5 Å². The van der Waals surface area contributed by atoms with Crippen LogP contribution in [0.4, 0.5) is 0 Å². The van der Waals surface area contributed by atoms with Gasteiger partial charge in [0.1, 0.15) is 11.4 Å². The number of fused-ring (bicyclic) bond motifs is 1. The van der Waals surface area contributed by atoms with Crippen molar-refractivity contribution in [2.45, 2.75) is 54.8 Å². The summed E-state index contributed by atoms with van der Waals surface area (Å²) in [5, 5.41) is 2.71. The highest BCUT2D eigenvalue weighted by molar-refractivity contribution is 8.00. The number of nitrogens with two attached hydrogens (primary N) is 1. The zero-order valence-corrected chi connectivity index (χ0v) is 12.5. The summed E-state index contributed by atoms with van der Waals surface area (Å²) < 4.78 is 0. The molecule has 2 unspecified atom stereocenters. The highest BCUT2D eigenvalue weighted by Gasteiger charge is 2.21. The Kier molecular flexibility index (Phi) is 4.53. The summed E-state index contributed by atoms with van der Waals surface area (Å²) in [6, 6.07) is 8.50. The maximum Gasteiger partial charge on any atom is 0.117 e. The van der Waals surface area contributed by atoms with Crippen LogP contribution in [0.3, 0.4) is 0 Å². The van der Waals surface area contributed by atoms with Crippen LogP contribution in [0.5, 0.6) is 0 Å². The highest BCUT2D eigenvalue weighted by atomic mass is 32.2. The van der Waals surface area contributed by atoms with Crippen molar-refractivity contribution in [3.8, 4) is 0 Å². The van der Waals surface area contributed by atoms with E-state index in [0.29, 0.717) is 5.25 Å². The zero-order chi connectivity index (χ0) is 13.8. The summed E-state index contributed by atoms with van der Waals surface area (Å²) in [4.78, 5) is 8.82. The van der Waals surface area contributed by atoms with Gasteiger partial charge in [-0.1, -0.05) is 43.9 Å². The van der Waals surface area contributed by atoms with Crippen molar-refractivity contribution in [3.63, 3.8) is 0 Å². The van der Waals surface area contributed by atoms with Gasteiger partial charge in [0.05, 0.1) is 5.52 Å². The van der Waals surface area contributed by atoms with Crippen LogP contribution in [0.25, 0.3) is 10.9 Å². The second-order valence-corrected chi connectivity index (χ2v) is 6.74. The van der Waals surface area contributed by atoms with Crippen molar-refractivity contribution in [2.24, 2.45) is 5.73 Å². The lowest BCUT2D eigenvalue weighted by molar-refractivity contribution is 0.463. The van der Waals surface area contributed by atoms with E-state index in [0.717, 1.165) is 22.3 Å². The molecule has 0 bridgehead atoms. The first-order chi connectivity index (χ1) is 9.84. The van der Waals surface area contributed by atoms with Gasteiger partial charge < -0.3 is 5.73 Å². The molecule has 106 valence electrons. The van der Waals surface area contributed by atoms with Gasteiger partial charge >= 0.3 is 0 Å². The summed E-state index contributed by atoms with van der Waals surface area (Å²) >= 11 is 1.85. The first-order valence-corrected chi connectivity index (χ1v) is 8.34. The Bertz CT molecular complexity index is 567. The van der Waals surface area contributed by atoms with E-state index in [1.165, 1.54) is 32.1 Å². The van der Waals surface area contributed by atoms with Crippen LogP contribution in [-0.4, -0.2) is 21.3 Å². The van der Waals surface area contributed by atoms with Crippen molar-refractivity contribution in [1.82, 2.24) is 9.97 Å². The Morgan fingerprint density at radius 1 is 1.00 bits per heavy atom. The number of benzene rings is 1. The van der Waals surface area contributed by atoms with Gasteiger partial charge in [-0.25, -0.2) is 9.97 Å². The molecule has 0 saturated heterocycles. The Balaban J connectivity index is 1.84. The maximum atomic E-state index is 6.38. The quantitative estimate of drug-likeness (QED) is 0.854. The minimum atomic E-state index is 0.286. The van der Waals surface area contributed by atoms with Crippen molar-refractivity contribution >= 4 is 22.7 Å². The molecule has 0 aliphatic heterocycles. The van der Waals surface area contributed by atoms with Gasteiger partial charge in [0.15, 0.2) is 0 Å². The smallest absolute Gasteiger partial charge is 0.117 e. The Morgan fingerprint density at radius 3 is 2.70 bits per heavy atom. The molecule has 3 nitrogen and oxygen atoms in total. The molecule has 1 aromatic carbocycles. The number of rotatable bonds is 2. The molecule has 2 aromatic rings. The number of aromatic nitrogens is 2. The Labute approximate surface area is 124 Å². The summed E-state index contributed by atoms with van der Waals surface area (Å²) in [6.07, 6.45) is 9.23. The van der Waals surface area contributed by atoms with Gasteiger partial charge in [-0.2, -0.15) is 0 Å². The Hall–Kier alpha value is -1.13. The third-order valence-corrected chi connectivity index (χ3v) is 5.46.